The van der Waals surface area contributed by atoms with Gasteiger partial charge in [0.15, 0.2) is 0 Å². The number of rotatable bonds is 4. The Bertz CT molecular complexity index is 622. The van der Waals surface area contributed by atoms with Gasteiger partial charge >= 0.3 is 7.12 Å². The fraction of sp³-hybridized carbons (Fsp3) is 0.706. The summed E-state index contributed by atoms with van der Waals surface area (Å²) in [5, 5.41) is 0. The predicted octanol–water partition coefficient (Wildman–Crippen LogP) is 0.480. The minimum Gasteiger partial charge on any atom is -0.399 e. The summed E-state index contributed by atoms with van der Waals surface area (Å²) >= 11 is 0. The van der Waals surface area contributed by atoms with Crippen LogP contribution < -0.4 is 11.0 Å². The minimum atomic E-state index is -0.489. The SMILES string of the molecule is CC1(C)OB(c2ccn(CCN3CCOCC3)c(=O)c2)OC1(C)C. The van der Waals surface area contributed by atoms with Crippen molar-refractivity contribution in [1.82, 2.24) is 9.47 Å². The molecule has 0 atom stereocenters. The third-order valence-electron chi connectivity index (χ3n) is 5.31. The third-order valence-corrected chi connectivity index (χ3v) is 5.31. The van der Waals surface area contributed by atoms with Crippen molar-refractivity contribution in [1.29, 1.82) is 0 Å². The third kappa shape index (κ3) is 3.59. The van der Waals surface area contributed by atoms with Crippen molar-refractivity contribution in [3.05, 3.63) is 28.7 Å². The Labute approximate surface area is 143 Å². The highest BCUT2D eigenvalue weighted by molar-refractivity contribution is 6.62. The molecule has 2 aliphatic rings. The molecule has 3 rings (SSSR count). The normalized spacial score (nSPS) is 23.6. The van der Waals surface area contributed by atoms with Crippen LogP contribution in [0.4, 0.5) is 0 Å². The van der Waals surface area contributed by atoms with Gasteiger partial charge in [-0.1, -0.05) is 0 Å². The van der Waals surface area contributed by atoms with Crippen molar-refractivity contribution >= 4 is 12.6 Å². The van der Waals surface area contributed by atoms with Gasteiger partial charge in [-0.05, 0) is 39.2 Å². The summed E-state index contributed by atoms with van der Waals surface area (Å²) in [5.74, 6) is 0. The van der Waals surface area contributed by atoms with Crippen LogP contribution in [-0.4, -0.2) is 60.6 Å². The second-order valence-electron chi connectivity index (χ2n) is 7.53. The van der Waals surface area contributed by atoms with Gasteiger partial charge in [-0.25, -0.2) is 0 Å². The molecule has 1 aromatic heterocycles. The number of ether oxygens (including phenoxy) is 1. The molecule has 0 aromatic carbocycles. The molecule has 0 N–H and O–H groups in total. The van der Waals surface area contributed by atoms with Crippen molar-refractivity contribution < 1.29 is 14.0 Å². The average molecular weight is 334 g/mol. The molecular weight excluding hydrogens is 307 g/mol. The maximum atomic E-state index is 12.4. The highest BCUT2D eigenvalue weighted by Gasteiger charge is 2.51. The summed E-state index contributed by atoms with van der Waals surface area (Å²) in [4.78, 5) is 14.7. The quantitative estimate of drug-likeness (QED) is 0.750. The van der Waals surface area contributed by atoms with E-state index in [9.17, 15) is 4.79 Å². The summed E-state index contributed by atoms with van der Waals surface area (Å²) in [6, 6.07) is 3.55. The number of morpholine rings is 1. The maximum Gasteiger partial charge on any atom is 0.495 e. The summed E-state index contributed by atoms with van der Waals surface area (Å²) in [5.41, 5.74) is -0.0390. The Balaban J connectivity index is 1.66. The van der Waals surface area contributed by atoms with Crippen LogP contribution in [0.15, 0.2) is 23.1 Å². The first-order valence-corrected chi connectivity index (χ1v) is 8.65. The Morgan fingerprint density at radius 3 is 2.29 bits per heavy atom. The van der Waals surface area contributed by atoms with Gasteiger partial charge in [0, 0.05) is 38.4 Å². The van der Waals surface area contributed by atoms with Gasteiger partial charge in [0.1, 0.15) is 0 Å². The minimum absolute atomic E-state index is 0.0181. The van der Waals surface area contributed by atoms with Crippen LogP contribution in [0.25, 0.3) is 0 Å². The summed E-state index contributed by atoms with van der Waals surface area (Å²) in [6.07, 6.45) is 1.84. The molecule has 7 heteroatoms. The lowest BCUT2D eigenvalue weighted by Crippen LogP contribution is -2.41. The first kappa shape index (κ1) is 17.7. The van der Waals surface area contributed by atoms with Gasteiger partial charge in [0.05, 0.1) is 24.4 Å². The molecule has 6 nitrogen and oxygen atoms in total. The van der Waals surface area contributed by atoms with E-state index in [1.165, 1.54) is 0 Å². The fourth-order valence-corrected chi connectivity index (χ4v) is 2.91. The van der Waals surface area contributed by atoms with E-state index in [-0.39, 0.29) is 5.56 Å². The van der Waals surface area contributed by atoms with Gasteiger partial charge in [0.2, 0.25) is 5.56 Å². The highest BCUT2D eigenvalue weighted by Crippen LogP contribution is 2.36. The number of hydrogen-bond donors (Lipinski definition) is 0. The molecule has 0 amide bonds. The first-order valence-electron chi connectivity index (χ1n) is 8.65. The standard InChI is InChI=1S/C17H27BN2O4/c1-16(2)17(3,4)24-18(23-16)14-5-6-20(15(21)13-14)8-7-19-9-11-22-12-10-19/h5-6,13H,7-12H2,1-4H3. The van der Waals surface area contributed by atoms with E-state index in [2.05, 4.69) is 4.90 Å². The number of nitrogens with zero attached hydrogens (tertiary/aromatic N) is 2. The number of aromatic nitrogens is 1. The van der Waals surface area contributed by atoms with Gasteiger partial charge in [-0.2, -0.15) is 0 Å². The predicted molar refractivity (Wildman–Crippen MR) is 93.7 cm³/mol. The lowest BCUT2D eigenvalue weighted by molar-refractivity contribution is 0.00578. The Hall–Kier alpha value is -1.15. The monoisotopic (exact) mass is 334 g/mol. The van der Waals surface area contributed by atoms with Crippen LogP contribution in [0.1, 0.15) is 27.7 Å². The molecule has 2 fully saturated rings. The fourth-order valence-electron chi connectivity index (χ4n) is 2.91. The van der Waals surface area contributed by atoms with Crippen LogP contribution in [-0.2, 0) is 20.6 Å². The van der Waals surface area contributed by atoms with Gasteiger partial charge < -0.3 is 18.6 Å². The molecular formula is C17H27BN2O4. The molecule has 24 heavy (non-hydrogen) atoms. The van der Waals surface area contributed by atoms with Crippen molar-refractivity contribution in [2.75, 3.05) is 32.8 Å². The number of hydrogen-bond acceptors (Lipinski definition) is 5. The molecule has 0 bridgehead atoms. The Morgan fingerprint density at radius 2 is 1.71 bits per heavy atom. The second-order valence-corrected chi connectivity index (χ2v) is 7.53. The zero-order chi connectivity index (χ0) is 17.4. The van der Waals surface area contributed by atoms with E-state index in [1.54, 1.807) is 10.6 Å². The summed E-state index contributed by atoms with van der Waals surface area (Å²) in [7, 11) is -0.489. The van der Waals surface area contributed by atoms with Crippen LogP contribution >= 0.6 is 0 Å². The molecule has 2 aliphatic heterocycles. The van der Waals surface area contributed by atoms with Gasteiger partial charge in [-0.15, -0.1) is 0 Å². The molecule has 0 unspecified atom stereocenters. The largest absolute Gasteiger partial charge is 0.495 e. The Kier molecular flexibility index (Phi) is 4.88. The average Bonchev–Trinajstić information content (AvgIpc) is 2.75. The zero-order valence-corrected chi connectivity index (χ0v) is 15.1. The first-order chi connectivity index (χ1) is 11.3. The summed E-state index contributed by atoms with van der Waals surface area (Å²) < 4.78 is 19.1. The lowest BCUT2D eigenvalue weighted by atomic mass is 9.80. The second kappa shape index (κ2) is 6.63. The van der Waals surface area contributed by atoms with Crippen LogP contribution in [0.2, 0.25) is 0 Å². The Morgan fingerprint density at radius 1 is 1.08 bits per heavy atom. The molecule has 0 aliphatic carbocycles. The van der Waals surface area contributed by atoms with E-state index in [0.717, 1.165) is 38.3 Å². The molecule has 0 spiro atoms. The van der Waals surface area contributed by atoms with Crippen LogP contribution in [0.3, 0.4) is 0 Å². The van der Waals surface area contributed by atoms with Crippen molar-refractivity contribution in [2.45, 2.75) is 45.4 Å². The van der Waals surface area contributed by atoms with Gasteiger partial charge in [-0.3, -0.25) is 9.69 Å². The van der Waals surface area contributed by atoms with Crippen LogP contribution in [0, 0.1) is 0 Å². The lowest BCUT2D eigenvalue weighted by Gasteiger charge is -2.32. The van der Waals surface area contributed by atoms with Crippen LogP contribution in [0.5, 0.6) is 0 Å². The summed E-state index contributed by atoms with van der Waals surface area (Å²) in [6.45, 7) is 13.0. The molecule has 3 heterocycles. The highest BCUT2D eigenvalue weighted by atomic mass is 16.7. The van der Waals surface area contributed by atoms with Crippen molar-refractivity contribution in [2.24, 2.45) is 0 Å². The molecule has 2 saturated heterocycles. The van der Waals surface area contributed by atoms with E-state index in [0.29, 0.717) is 6.54 Å². The van der Waals surface area contributed by atoms with Crippen molar-refractivity contribution in [3.63, 3.8) is 0 Å². The smallest absolute Gasteiger partial charge is 0.399 e. The number of pyridine rings is 1. The molecule has 132 valence electrons. The maximum absolute atomic E-state index is 12.4. The zero-order valence-electron chi connectivity index (χ0n) is 15.1. The van der Waals surface area contributed by atoms with E-state index < -0.39 is 18.3 Å². The topological polar surface area (TPSA) is 52.9 Å². The van der Waals surface area contributed by atoms with E-state index in [4.69, 9.17) is 14.0 Å². The van der Waals surface area contributed by atoms with E-state index >= 15 is 0 Å². The van der Waals surface area contributed by atoms with Gasteiger partial charge in [0.25, 0.3) is 0 Å². The van der Waals surface area contributed by atoms with E-state index in [1.807, 2.05) is 40.0 Å². The van der Waals surface area contributed by atoms with Crippen molar-refractivity contribution in [3.8, 4) is 0 Å². The molecule has 0 saturated carbocycles. The molecule has 1 aromatic rings. The molecule has 0 radical (unpaired) electrons.